The van der Waals surface area contributed by atoms with Crippen LogP contribution in [-0.2, 0) is 9.53 Å². The fourth-order valence-electron chi connectivity index (χ4n) is 2.96. The van der Waals surface area contributed by atoms with Crippen LogP contribution in [0.25, 0.3) is 5.82 Å². The molecule has 8 nitrogen and oxygen atoms in total. The molecule has 0 aliphatic carbocycles. The number of carbonyl (C=O) groups excluding carboxylic acids is 2. The van der Waals surface area contributed by atoms with Crippen molar-refractivity contribution < 1.29 is 14.3 Å². The number of hydrogen-bond acceptors (Lipinski definition) is 5. The second kappa shape index (κ2) is 8.01. The summed E-state index contributed by atoms with van der Waals surface area (Å²) in [6.45, 7) is 0.605. The largest absolute Gasteiger partial charge is 0.368 e. The highest BCUT2D eigenvalue weighted by atomic mass is 16.5. The molecule has 0 bridgehead atoms. The van der Waals surface area contributed by atoms with Crippen molar-refractivity contribution >= 4 is 23.2 Å². The molecule has 3 aromatic rings. The number of imidazole rings is 1. The summed E-state index contributed by atoms with van der Waals surface area (Å²) in [4.78, 5) is 33.0. The second-order valence-electron chi connectivity index (χ2n) is 6.40. The van der Waals surface area contributed by atoms with Crippen molar-refractivity contribution in [1.29, 1.82) is 0 Å². The van der Waals surface area contributed by atoms with Gasteiger partial charge in [0.25, 0.3) is 11.8 Å². The molecule has 2 aromatic heterocycles. The Kier molecular flexibility index (Phi) is 5.11. The van der Waals surface area contributed by atoms with Crippen LogP contribution in [0, 0.1) is 0 Å². The van der Waals surface area contributed by atoms with E-state index in [9.17, 15) is 9.59 Å². The topological polar surface area (TPSA) is 98.1 Å². The monoisotopic (exact) mass is 377 g/mol. The molecule has 2 amide bonds. The quantitative estimate of drug-likeness (QED) is 0.712. The lowest BCUT2D eigenvalue weighted by molar-refractivity contribution is -0.124. The summed E-state index contributed by atoms with van der Waals surface area (Å²) in [6.07, 6.45) is 7.87. The predicted molar refractivity (Wildman–Crippen MR) is 103 cm³/mol. The first-order chi connectivity index (χ1) is 13.7. The molecule has 1 aliphatic heterocycles. The molecular weight excluding hydrogens is 358 g/mol. The third-order valence-electron chi connectivity index (χ3n) is 4.39. The number of carbonyl (C=O) groups is 2. The van der Waals surface area contributed by atoms with Crippen LogP contribution in [0.5, 0.6) is 0 Å². The molecule has 1 aliphatic rings. The van der Waals surface area contributed by atoms with Gasteiger partial charge in [-0.3, -0.25) is 14.2 Å². The third-order valence-corrected chi connectivity index (χ3v) is 4.39. The molecule has 0 saturated carbocycles. The van der Waals surface area contributed by atoms with Crippen LogP contribution in [0.15, 0.2) is 61.3 Å². The Balaban J connectivity index is 1.41. The number of anilines is 2. The number of ether oxygens (including phenoxy) is 1. The van der Waals surface area contributed by atoms with Crippen LogP contribution >= 0.6 is 0 Å². The fourth-order valence-corrected chi connectivity index (χ4v) is 2.96. The van der Waals surface area contributed by atoms with Gasteiger partial charge in [-0.05, 0) is 43.2 Å². The Morgan fingerprint density at radius 1 is 1.14 bits per heavy atom. The lowest BCUT2D eigenvalue weighted by Gasteiger charge is -2.11. The highest BCUT2D eigenvalue weighted by Gasteiger charge is 2.23. The molecule has 1 aromatic carbocycles. The van der Waals surface area contributed by atoms with Crippen molar-refractivity contribution in [3.8, 4) is 5.82 Å². The van der Waals surface area contributed by atoms with Crippen LogP contribution in [0.3, 0.4) is 0 Å². The average Bonchev–Trinajstić information content (AvgIpc) is 3.43. The van der Waals surface area contributed by atoms with Crippen molar-refractivity contribution in [3.63, 3.8) is 0 Å². The van der Waals surface area contributed by atoms with Gasteiger partial charge in [0.05, 0.1) is 11.9 Å². The molecule has 28 heavy (non-hydrogen) atoms. The molecule has 4 rings (SSSR count). The van der Waals surface area contributed by atoms with Crippen LogP contribution < -0.4 is 10.6 Å². The zero-order chi connectivity index (χ0) is 19.3. The second-order valence-corrected chi connectivity index (χ2v) is 6.40. The highest BCUT2D eigenvalue weighted by Crippen LogP contribution is 2.17. The van der Waals surface area contributed by atoms with E-state index in [4.69, 9.17) is 4.74 Å². The maximum absolute atomic E-state index is 12.5. The normalized spacial score (nSPS) is 15.9. The molecule has 1 atom stereocenters. The number of hydrogen-bond donors (Lipinski definition) is 2. The van der Waals surface area contributed by atoms with Gasteiger partial charge >= 0.3 is 0 Å². The standard InChI is InChI=1S/C20H19N5O3/c26-19(24-16-6-7-18(22-12-16)25-9-8-21-13-25)14-3-1-4-15(11-14)23-20(27)17-5-2-10-28-17/h1,3-4,6-9,11-13,17H,2,5,10H2,(H,23,27)(H,24,26). The minimum Gasteiger partial charge on any atom is -0.368 e. The van der Waals surface area contributed by atoms with Gasteiger partial charge in [0.1, 0.15) is 18.2 Å². The number of aromatic nitrogens is 3. The molecule has 1 fully saturated rings. The van der Waals surface area contributed by atoms with Gasteiger partial charge in [0.2, 0.25) is 0 Å². The molecule has 142 valence electrons. The Hall–Kier alpha value is -3.52. The van der Waals surface area contributed by atoms with Crippen molar-refractivity contribution in [2.75, 3.05) is 17.2 Å². The number of rotatable bonds is 5. The van der Waals surface area contributed by atoms with E-state index in [0.717, 1.165) is 6.42 Å². The Labute approximate surface area is 161 Å². The van der Waals surface area contributed by atoms with Crippen LogP contribution in [0.2, 0.25) is 0 Å². The van der Waals surface area contributed by atoms with E-state index in [1.165, 1.54) is 0 Å². The van der Waals surface area contributed by atoms with Crippen LogP contribution in [0.4, 0.5) is 11.4 Å². The number of nitrogens with one attached hydrogen (secondary N) is 2. The zero-order valence-corrected chi connectivity index (χ0v) is 15.0. The minimum absolute atomic E-state index is 0.186. The maximum atomic E-state index is 12.5. The summed E-state index contributed by atoms with van der Waals surface area (Å²) in [6, 6.07) is 10.3. The highest BCUT2D eigenvalue weighted by molar-refractivity contribution is 6.05. The molecule has 3 heterocycles. The Morgan fingerprint density at radius 2 is 2.07 bits per heavy atom. The lowest BCUT2D eigenvalue weighted by atomic mass is 10.1. The van der Waals surface area contributed by atoms with Gasteiger partial charge < -0.3 is 15.4 Å². The Bertz CT molecular complexity index is 964. The van der Waals surface area contributed by atoms with E-state index < -0.39 is 6.10 Å². The first-order valence-electron chi connectivity index (χ1n) is 8.97. The van der Waals surface area contributed by atoms with Crippen LogP contribution in [0.1, 0.15) is 23.2 Å². The van der Waals surface area contributed by atoms with Crippen molar-refractivity contribution in [3.05, 3.63) is 66.9 Å². The van der Waals surface area contributed by atoms with Gasteiger partial charge in [-0.1, -0.05) is 6.07 Å². The third kappa shape index (κ3) is 4.07. The molecule has 2 N–H and O–H groups in total. The molecule has 8 heteroatoms. The van der Waals surface area contributed by atoms with Gasteiger partial charge in [0.15, 0.2) is 0 Å². The van der Waals surface area contributed by atoms with E-state index in [-0.39, 0.29) is 11.8 Å². The van der Waals surface area contributed by atoms with Crippen molar-refractivity contribution in [2.24, 2.45) is 0 Å². The molecule has 1 unspecified atom stereocenters. The Morgan fingerprint density at radius 3 is 2.79 bits per heavy atom. The molecular formula is C20H19N5O3. The first-order valence-corrected chi connectivity index (χ1v) is 8.97. The SMILES string of the molecule is O=C(Nc1ccc(-n2ccnc2)nc1)c1cccc(NC(=O)C2CCCO2)c1. The number of amides is 2. The summed E-state index contributed by atoms with van der Waals surface area (Å²) in [5, 5.41) is 5.60. The summed E-state index contributed by atoms with van der Waals surface area (Å²) < 4.78 is 7.15. The average molecular weight is 377 g/mol. The van der Waals surface area contributed by atoms with E-state index in [1.807, 2.05) is 0 Å². The van der Waals surface area contributed by atoms with Gasteiger partial charge in [0, 0.05) is 30.3 Å². The lowest BCUT2D eigenvalue weighted by Crippen LogP contribution is -2.27. The first kappa shape index (κ1) is 17.9. The van der Waals surface area contributed by atoms with Gasteiger partial charge in [-0.15, -0.1) is 0 Å². The molecule has 0 spiro atoms. The van der Waals surface area contributed by atoms with E-state index in [1.54, 1.807) is 65.9 Å². The summed E-state index contributed by atoms with van der Waals surface area (Å²) in [7, 11) is 0. The van der Waals surface area contributed by atoms with E-state index in [2.05, 4.69) is 20.6 Å². The smallest absolute Gasteiger partial charge is 0.255 e. The van der Waals surface area contributed by atoms with E-state index >= 15 is 0 Å². The molecule has 1 saturated heterocycles. The number of nitrogens with zero attached hydrogens (tertiary/aromatic N) is 3. The minimum atomic E-state index is -0.419. The summed E-state index contributed by atoms with van der Waals surface area (Å²) >= 11 is 0. The molecule has 0 radical (unpaired) electrons. The van der Waals surface area contributed by atoms with E-state index in [0.29, 0.717) is 35.8 Å². The predicted octanol–water partition coefficient (Wildman–Crippen LogP) is 2.64. The fraction of sp³-hybridized carbons (Fsp3) is 0.200. The van der Waals surface area contributed by atoms with Crippen molar-refractivity contribution in [2.45, 2.75) is 18.9 Å². The summed E-state index contributed by atoms with van der Waals surface area (Å²) in [5.41, 5.74) is 1.56. The van der Waals surface area contributed by atoms with Gasteiger partial charge in [-0.2, -0.15) is 0 Å². The van der Waals surface area contributed by atoms with Crippen molar-refractivity contribution in [1.82, 2.24) is 14.5 Å². The maximum Gasteiger partial charge on any atom is 0.255 e. The summed E-state index contributed by atoms with van der Waals surface area (Å²) in [5.74, 6) is 0.231. The van der Waals surface area contributed by atoms with Crippen LogP contribution in [-0.4, -0.2) is 39.1 Å². The number of pyridine rings is 1. The number of benzene rings is 1. The van der Waals surface area contributed by atoms with Gasteiger partial charge in [-0.25, -0.2) is 9.97 Å². The zero-order valence-electron chi connectivity index (χ0n) is 15.0.